The molecule has 0 aromatic rings. The van der Waals surface area contributed by atoms with Crippen molar-refractivity contribution in [3.05, 3.63) is 34.0 Å². The molecule has 0 fully saturated rings. The Morgan fingerprint density at radius 3 is 2.10 bits per heavy atom. The number of hydrogen-bond acceptors (Lipinski definition) is 3. The van der Waals surface area contributed by atoms with Crippen molar-refractivity contribution in [1.29, 1.82) is 0 Å². The lowest BCUT2D eigenvalue weighted by Crippen LogP contribution is -2.25. The van der Waals surface area contributed by atoms with Gasteiger partial charge < -0.3 is 9.64 Å². The molecule has 0 aromatic heterocycles. The topological polar surface area (TPSA) is 29.5 Å². The highest BCUT2D eigenvalue weighted by Gasteiger charge is 2.14. The van der Waals surface area contributed by atoms with Crippen molar-refractivity contribution in [2.75, 3.05) is 13.1 Å². The molecule has 0 aliphatic rings. The molecule has 1 unspecified atom stereocenters. The van der Waals surface area contributed by atoms with Crippen molar-refractivity contribution in [2.45, 2.75) is 100 Å². The Kier molecular flexibility index (Phi) is 18.5. The van der Waals surface area contributed by atoms with Gasteiger partial charge in [0, 0.05) is 20.0 Å². The van der Waals surface area contributed by atoms with Crippen LogP contribution in [0.3, 0.4) is 0 Å². The standard InChI is InChI=1S/C19H33Cl2N.C6H12O2/c1-6-11-17(20)19(21)18(12-7-2)22(14-8-3)15-10-13-16(5)9-4;1-5(7)8-6(2,3)4/h7,11-12,16H,6,8-10,13-15H2,1-5H3;1-4H3/b12-7-,17-11-,19-18-;. The fraction of sp³-hybridized carbons (Fsp3) is 0.720. The van der Waals surface area contributed by atoms with E-state index < -0.39 is 0 Å². The van der Waals surface area contributed by atoms with E-state index in [1.807, 2.05) is 39.8 Å². The van der Waals surface area contributed by atoms with Crippen molar-refractivity contribution in [2.24, 2.45) is 5.92 Å². The molecule has 5 heteroatoms. The molecule has 0 aliphatic carbocycles. The van der Waals surface area contributed by atoms with Gasteiger partial charge in [0.1, 0.15) is 5.60 Å². The third-order valence-corrected chi connectivity index (χ3v) is 5.09. The number of ether oxygens (including phenoxy) is 1. The summed E-state index contributed by atoms with van der Waals surface area (Å²) in [5, 5.41) is 1.32. The van der Waals surface area contributed by atoms with E-state index >= 15 is 0 Å². The molecule has 3 nitrogen and oxygen atoms in total. The fourth-order valence-electron chi connectivity index (χ4n) is 2.75. The molecule has 0 heterocycles. The molecule has 176 valence electrons. The molecule has 0 bridgehead atoms. The quantitative estimate of drug-likeness (QED) is 0.228. The zero-order chi connectivity index (χ0) is 23.7. The molecular weight excluding hydrogens is 417 g/mol. The first-order valence-electron chi connectivity index (χ1n) is 11.3. The summed E-state index contributed by atoms with van der Waals surface area (Å²) >= 11 is 12.9. The van der Waals surface area contributed by atoms with Crippen LogP contribution < -0.4 is 0 Å². The Labute approximate surface area is 196 Å². The number of carbonyl (C=O) groups excluding carboxylic acids is 1. The summed E-state index contributed by atoms with van der Waals surface area (Å²) in [5.74, 6) is 0.564. The SMILES string of the molecule is CC(=O)OC(C)(C)C.C\C=C/C(=C(Cl)\C(Cl)=C\CC)N(CCC)CCCC(C)CC. The van der Waals surface area contributed by atoms with Gasteiger partial charge in [0.25, 0.3) is 0 Å². The minimum absolute atomic E-state index is 0.225. The van der Waals surface area contributed by atoms with Crippen LogP contribution in [0.4, 0.5) is 0 Å². The van der Waals surface area contributed by atoms with Crippen LogP contribution in [0.15, 0.2) is 34.0 Å². The summed E-state index contributed by atoms with van der Waals surface area (Å²) in [5.41, 5.74) is 0.719. The van der Waals surface area contributed by atoms with E-state index in [0.717, 1.165) is 37.5 Å². The van der Waals surface area contributed by atoms with Gasteiger partial charge in [-0.15, -0.1) is 0 Å². The van der Waals surface area contributed by atoms with Gasteiger partial charge in [-0.3, -0.25) is 4.79 Å². The Bertz CT molecular complexity index is 560. The molecule has 0 N–H and O–H groups in total. The van der Waals surface area contributed by atoms with Crippen molar-refractivity contribution >= 4 is 29.2 Å². The van der Waals surface area contributed by atoms with Crippen LogP contribution >= 0.6 is 23.2 Å². The van der Waals surface area contributed by atoms with Gasteiger partial charge in [-0.25, -0.2) is 0 Å². The summed E-state index contributed by atoms with van der Waals surface area (Å²) in [6.07, 6.45) is 11.8. The van der Waals surface area contributed by atoms with E-state index in [1.165, 1.54) is 26.2 Å². The number of esters is 1. The van der Waals surface area contributed by atoms with Gasteiger partial charge in [0.15, 0.2) is 0 Å². The minimum Gasteiger partial charge on any atom is -0.460 e. The number of hydrogen-bond donors (Lipinski definition) is 0. The summed E-state index contributed by atoms with van der Waals surface area (Å²) in [7, 11) is 0. The van der Waals surface area contributed by atoms with E-state index in [9.17, 15) is 4.79 Å². The third kappa shape index (κ3) is 16.8. The second-order valence-corrected chi connectivity index (χ2v) is 9.29. The second kappa shape index (κ2) is 17.7. The highest BCUT2D eigenvalue weighted by molar-refractivity contribution is 6.44. The molecule has 0 rings (SSSR count). The lowest BCUT2D eigenvalue weighted by molar-refractivity contribution is -0.151. The highest BCUT2D eigenvalue weighted by Crippen LogP contribution is 2.27. The molecule has 0 amide bonds. The van der Waals surface area contributed by atoms with Crippen LogP contribution in [0.1, 0.15) is 94.4 Å². The Hall–Kier alpha value is -0.930. The number of rotatable bonds is 11. The number of allylic oxidation sites excluding steroid dienone is 5. The van der Waals surface area contributed by atoms with Crippen molar-refractivity contribution < 1.29 is 9.53 Å². The second-order valence-electron chi connectivity index (χ2n) is 8.51. The first kappa shape index (κ1) is 31.3. The van der Waals surface area contributed by atoms with Crippen LogP contribution in [-0.4, -0.2) is 29.6 Å². The molecule has 0 aromatic carbocycles. The zero-order valence-electron chi connectivity index (χ0n) is 20.8. The average Bonchev–Trinajstić information content (AvgIpc) is 2.63. The Morgan fingerprint density at radius 1 is 1.13 bits per heavy atom. The van der Waals surface area contributed by atoms with Crippen LogP contribution in [0.5, 0.6) is 0 Å². The smallest absolute Gasteiger partial charge is 0.303 e. The van der Waals surface area contributed by atoms with Gasteiger partial charge in [-0.05, 0) is 65.4 Å². The van der Waals surface area contributed by atoms with E-state index in [1.54, 1.807) is 0 Å². The fourth-order valence-corrected chi connectivity index (χ4v) is 3.27. The molecular formula is C25H45Cl2NO2. The number of carbonyl (C=O) groups is 1. The maximum atomic E-state index is 10.2. The zero-order valence-corrected chi connectivity index (χ0v) is 22.3. The van der Waals surface area contributed by atoms with E-state index in [4.69, 9.17) is 27.9 Å². The first-order chi connectivity index (χ1) is 13.9. The van der Waals surface area contributed by atoms with Crippen LogP contribution in [-0.2, 0) is 9.53 Å². The Balaban J connectivity index is 0. The van der Waals surface area contributed by atoms with Gasteiger partial charge in [0.05, 0.1) is 15.8 Å². The van der Waals surface area contributed by atoms with Crippen LogP contribution in [0.2, 0.25) is 0 Å². The summed E-state index contributed by atoms with van der Waals surface area (Å²) < 4.78 is 4.80. The monoisotopic (exact) mass is 461 g/mol. The maximum absolute atomic E-state index is 10.2. The Morgan fingerprint density at radius 2 is 1.73 bits per heavy atom. The summed E-state index contributed by atoms with van der Waals surface area (Å²) in [6.45, 7) is 19.8. The van der Waals surface area contributed by atoms with E-state index in [0.29, 0.717) is 10.1 Å². The van der Waals surface area contributed by atoms with E-state index in [-0.39, 0.29) is 11.6 Å². The molecule has 30 heavy (non-hydrogen) atoms. The van der Waals surface area contributed by atoms with Gasteiger partial charge in [0.2, 0.25) is 0 Å². The average molecular weight is 463 g/mol. The largest absolute Gasteiger partial charge is 0.460 e. The van der Waals surface area contributed by atoms with Gasteiger partial charge >= 0.3 is 5.97 Å². The predicted octanol–water partition coefficient (Wildman–Crippen LogP) is 8.43. The highest BCUT2D eigenvalue weighted by atomic mass is 35.5. The first-order valence-corrected chi connectivity index (χ1v) is 12.0. The number of halogens is 2. The molecule has 0 aliphatic heterocycles. The predicted molar refractivity (Wildman–Crippen MR) is 134 cm³/mol. The van der Waals surface area contributed by atoms with Crippen LogP contribution in [0.25, 0.3) is 0 Å². The molecule has 0 spiro atoms. The normalized spacial score (nSPS) is 14.0. The lowest BCUT2D eigenvalue weighted by atomic mass is 10.0. The van der Waals surface area contributed by atoms with Crippen molar-refractivity contribution in [3.63, 3.8) is 0 Å². The lowest BCUT2D eigenvalue weighted by Gasteiger charge is -2.27. The minimum atomic E-state index is -0.328. The molecule has 1 atom stereocenters. The van der Waals surface area contributed by atoms with Crippen molar-refractivity contribution in [3.8, 4) is 0 Å². The van der Waals surface area contributed by atoms with Gasteiger partial charge in [-0.1, -0.05) is 69.5 Å². The van der Waals surface area contributed by atoms with Gasteiger partial charge in [-0.2, -0.15) is 0 Å². The van der Waals surface area contributed by atoms with Crippen molar-refractivity contribution in [1.82, 2.24) is 4.90 Å². The van der Waals surface area contributed by atoms with Crippen LogP contribution in [0, 0.1) is 5.92 Å². The summed E-state index contributed by atoms with van der Waals surface area (Å²) in [6, 6.07) is 0. The molecule has 0 saturated heterocycles. The summed E-state index contributed by atoms with van der Waals surface area (Å²) in [4.78, 5) is 12.6. The number of nitrogens with zero attached hydrogens (tertiary/aromatic N) is 1. The van der Waals surface area contributed by atoms with E-state index in [2.05, 4.69) is 38.7 Å². The maximum Gasteiger partial charge on any atom is 0.303 e. The third-order valence-electron chi connectivity index (χ3n) is 4.25. The molecule has 0 radical (unpaired) electrons. The molecule has 0 saturated carbocycles.